The monoisotopic (exact) mass is 413 g/mol. The maximum absolute atomic E-state index is 12.3. The zero-order valence-electron chi connectivity index (χ0n) is 18.0. The van der Waals surface area contributed by atoms with Gasteiger partial charge in [0.25, 0.3) is 0 Å². The first-order valence-corrected chi connectivity index (χ1v) is 10.2. The fraction of sp³-hybridized carbons (Fsp3) is 0.435. The molecule has 30 heavy (non-hydrogen) atoms. The Kier molecular flexibility index (Phi) is 7.93. The molecule has 0 spiro atoms. The Morgan fingerprint density at radius 2 is 1.77 bits per heavy atom. The van der Waals surface area contributed by atoms with Gasteiger partial charge in [-0.05, 0) is 49.0 Å². The minimum absolute atomic E-state index is 0.00767. The molecule has 2 aromatic rings. The lowest BCUT2D eigenvalue weighted by Crippen LogP contribution is -2.36. The minimum Gasteiger partial charge on any atom is -0.493 e. The number of morpholine rings is 1. The Morgan fingerprint density at radius 1 is 1.07 bits per heavy atom. The van der Waals surface area contributed by atoms with Crippen LogP contribution >= 0.6 is 0 Å². The van der Waals surface area contributed by atoms with Gasteiger partial charge in [-0.1, -0.05) is 6.07 Å². The topological polar surface area (TPSA) is 63.3 Å². The van der Waals surface area contributed by atoms with Crippen LogP contribution < -0.4 is 19.7 Å². The maximum atomic E-state index is 12.3. The van der Waals surface area contributed by atoms with Crippen LogP contribution in [-0.4, -0.2) is 64.9 Å². The average molecular weight is 414 g/mol. The van der Waals surface area contributed by atoms with Crippen LogP contribution in [0.3, 0.4) is 0 Å². The Balaban J connectivity index is 1.44. The summed E-state index contributed by atoms with van der Waals surface area (Å²) < 4.78 is 16.0. The molecular weight excluding hydrogens is 382 g/mol. The number of nitrogens with one attached hydrogen (secondary N) is 1. The van der Waals surface area contributed by atoms with Crippen LogP contribution in [0.4, 0.5) is 11.4 Å². The fourth-order valence-corrected chi connectivity index (χ4v) is 3.46. The molecule has 2 aromatic carbocycles. The van der Waals surface area contributed by atoms with Gasteiger partial charge in [0.2, 0.25) is 5.91 Å². The fourth-order valence-electron chi connectivity index (χ4n) is 3.46. The number of rotatable bonds is 9. The predicted molar refractivity (Wildman–Crippen MR) is 119 cm³/mol. The van der Waals surface area contributed by atoms with Gasteiger partial charge in [-0.3, -0.25) is 4.79 Å². The van der Waals surface area contributed by atoms with Gasteiger partial charge in [0.05, 0.1) is 27.4 Å². The van der Waals surface area contributed by atoms with Crippen LogP contribution in [0, 0.1) is 0 Å². The van der Waals surface area contributed by atoms with Gasteiger partial charge in [0.1, 0.15) is 0 Å². The van der Waals surface area contributed by atoms with Crippen molar-refractivity contribution >= 4 is 17.3 Å². The number of carbonyl (C=O) groups is 1. The van der Waals surface area contributed by atoms with Crippen molar-refractivity contribution in [3.8, 4) is 11.5 Å². The second-order valence-electron chi connectivity index (χ2n) is 7.37. The van der Waals surface area contributed by atoms with Crippen molar-refractivity contribution in [3.05, 3.63) is 48.0 Å². The van der Waals surface area contributed by atoms with Crippen LogP contribution in [0.25, 0.3) is 0 Å². The summed E-state index contributed by atoms with van der Waals surface area (Å²) in [4.78, 5) is 16.7. The standard InChI is InChI=1S/C23H31N3O4/c1-25(17-18-4-9-21(28-2)22(16-18)29-3)11-10-23(27)24-19-5-7-20(8-6-19)26-12-14-30-15-13-26/h4-9,16H,10-15,17H2,1-3H3,(H,24,27). The summed E-state index contributed by atoms with van der Waals surface area (Å²) in [6.45, 7) is 4.70. The highest BCUT2D eigenvalue weighted by Gasteiger charge is 2.12. The largest absolute Gasteiger partial charge is 0.493 e. The molecule has 1 saturated heterocycles. The lowest BCUT2D eigenvalue weighted by Gasteiger charge is -2.28. The number of hydrogen-bond acceptors (Lipinski definition) is 6. The first-order chi connectivity index (χ1) is 14.6. The molecule has 0 atom stereocenters. The third-order valence-corrected chi connectivity index (χ3v) is 5.15. The number of methoxy groups -OCH3 is 2. The second kappa shape index (κ2) is 10.8. The number of anilines is 2. The van der Waals surface area contributed by atoms with Crippen LogP contribution in [0.5, 0.6) is 11.5 Å². The Labute approximate surface area is 178 Å². The molecular formula is C23H31N3O4. The van der Waals surface area contributed by atoms with Gasteiger partial charge in [0, 0.05) is 44.0 Å². The first kappa shape index (κ1) is 21.9. The lowest BCUT2D eigenvalue weighted by atomic mass is 10.2. The molecule has 1 heterocycles. The molecule has 1 fully saturated rings. The summed E-state index contributed by atoms with van der Waals surface area (Å²) in [5.74, 6) is 1.43. The van der Waals surface area contributed by atoms with Crippen molar-refractivity contribution in [2.75, 3.05) is 64.3 Å². The van der Waals surface area contributed by atoms with Gasteiger partial charge in [-0.2, -0.15) is 0 Å². The zero-order chi connectivity index (χ0) is 21.3. The molecule has 7 heteroatoms. The predicted octanol–water partition coefficient (Wildman–Crippen LogP) is 3.00. The summed E-state index contributed by atoms with van der Waals surface area (Å²) in [6, 6.07) is 13.9. The first-order valence-electron chi connectivity index (χ1n) is 10.2. The van der Waals surface area contributed by atoms with E-state index in [-0.39, 0.29) is 5.91 Å². The van der Waals surface area contributed by atoms with E-state index in [2.05, 4.69) is 15.1 Å². The van der Waals surface area contributed by atoms with Crippen molar-refractivity contribution in [2.45, 2.75) is 13.0 Å². The van der Waals surface area contributed by atoms with E-state index < -0.39 is 0 Å². The van der Waals surface area contributed by atoms with Gasteiger partial charge < -0.3 is 29.3 Å². The zero-order valence-corrected chi connectivity index (χ0v) is 18.0. The third-order valence-electron chi connectivity index (χ3n) is 5.15. The van der Waals surface area contributed by atoms with Gasteiger partial charge in [0.15, 0.2) is 11.5 Å². The average Bonchev–Trinajstić information content (AvgIpc) is 2.78. The molecule has 0 aliphatic carbocycles. The molecule has 0 radical (unpaired) electrons. The van der Waals surface area contributed by atoms with E-state index in [1.165, 1.54) is 0 Å². The molecule has 1 amide bonds. The normalized spacial score (nSPS) is 13.9. The van der Waals surface area contributed by atoms with E-state index in [1.54, 1.807) is 14.2 Å². The van der Waals surface area contributed by atoms with Crippen LogP contribution in [-0.2, 0) is 16.1 Å². The smallest absolute Gasteiger partial charge is 0.225 e. The summed E-state index contributed by atoms with van der Waals surface area (Å²) >= 11 is 0. The van der Waals surface area contributed by atoms with Crippen LogP contribution in [0.2, 0.25) is 0 Å². The Morgan fingerprint density at radius 3 is 2.43 bits per heavy atom. The van der Waals surface area contributed by atoms with E-state index in [0.29, 0.717) is 24.5 Å². The van der Waals surface area contributed by atoms with E-state index in [9.17, 15) is 4.79 Å². The lowest BCUT2D eigenvalue weighted by molar-refractivity contribution is -0.116. The molecule has 162 valence electrons. The van der Waals surface area contributed by atoms with Gasteiger partial charge in [-0.15, -0.1) is 0 Å². The summed E-state index contributed by atoms with van der Waals surface area (Å²) in [5.41, 5.74) is 3.08. The molecule has 0 aromatic heterocycles. The maximum Gasteiger partial charge on any atom is 0.225 e. The quantitative estimate of drug-likeness (QED) is 0.682. The summed E-state index contributed by atoms with van der Waals surface area (Å²) in [6.07, 6.45) is 0.426. The molecule has 0 bridgehead atoms. The highest BCUT2D eigenvalue weighted by atomic mass is 16.5. The molecule has 7 nitrogen and oxygen atoms in total. The van der Waals surface area contributed by atoms with Crippen LogP contribution in [0.15, 0.2) is 42.5 Å². The van der Waals surface area contributed by atoms with Crippen molar-refractivity contribution in [2.24, 2.45) is 0 Å². The van der Waals surface area contributed by atoms with Gasteiger partial charge >= 0.3 is 0 Å². The number of nitrogens with zero attached hydrogens (tertiary/aromatic N) is 2. The SMILES string of the molecule is COc1ccc(CN(C)CCC(=O)Nc2ccc(N3CCOCC3)cc2)cc1OC. The summed E-state index contributed by atoms with van der Waals surface area (Å²) in [5, 5.41) is 2.98. The number of amides is 1. The molecule has 3 rings (SSSR count). The van der Waals surface area contributed by atoms with Crippen molar-refractivity contribution in [1.82, 2.24) is 4.90 Å². The Bertz CT molecular complexity index is 820. The highest BCUT2D eigenvalue weighted by Crippen LogP contribution is 2.28. The molecule has 1 N–H and O–H groups in total. The van der Waals surface area contributed by atoms with E-state index in [0.717, 1.165) is 49.8 Å². The Hall–Kier alpha value is -2.77. The van der Waals surface area contributed by atoms with E-state index in [4.69, 9.17) is 14.2 Å². The molecule has 1 aliphatic heterocycles. The molecule has 1 aliphatic rings. The molecule has 0 unspecified atom stereocenters. The highest BCUT2D eigenvalue weighted by molar-refractivity contribution is 5.91. The van der Waals surface area contributed by atoms with E-state index in [1.807, 2.05) is 49.5 Å². The van der Waals surface area contributed by atoms with Crippen LogP contribution in [0.1, 0.15) is 12.0 Å². The van der Waals surface area contributed by atoms with E-state index >= 15 is 0 Å². The number of ether oxygens (including phenoxy) is 3. The number of carbonyl (C=O) groups excluding carboxylic acids is 1. The second-order valence-corrected chi connectivity index (χ2v) is 7.37. The van der Waals surface area contributed by atoms with Crippen molar-refractivity contribution in [3.63, 3.8) is 0 Å². The van der Waals surface area contributed by atoms with Gasteiger partial charge in [-0.25, -0.2) is 0 Å². The number of hydrogen-bond donors (Lipinski definition) is 1. The van der Waals surface area contributed by atoms with Crippen molar-refractivity contribution in [1.29, 1.82) is 0 Å². The minimum atomic E-state index is 0.00767. The summed E-state index contributed by atoms with van der Waals surface area (Å²) in [7, 11) is 5.25. The third kappa shape index (κ3) is 6.11. The number of benzene rings is 2. The van der Waals surface area contributed by atoms with Crippen molar-refractivity contribution < 1.29 is 19.0 Å². The molecule has 0 saturated carbocycles.